The molecule has 54 valence electrons. The van der Waals surface area contributed by atoms with Crippen molar-refractivity contribution < 1.29 is 44.5 Å². The maximum atomic E-state index is 5.06. The van der Waals surface area contributed by atoms with Gasteiger partial charge in [-0.1, -0.05) is 6.08 Å². The van der Waals surface area contributed by atoms with Crippen molar-refractivity contribution in [3.63, 3.8) is 0 Å². The van der Waals surface area contributed by atoms with E-state index in [1.165, 1.54) is 0 Å². The van der Waals surface area contributed by atoms with Crippen LogP contribution in [-0.4, -0.2) is 31.4 Å². The molecule has 1 unspecified atom stereocenters. The Morgan fingerprint density at radius 2 is 2.30 bits per heavy atom. The van der Waals surface area contributed by atoms with Gasteiger partial charge < -0.3 is 14.9 Å². The SMILES string of the molecule is C=CCOCC1CO1.[Na+].[OH-]. The van der Waals surface area contributed by atoms with Crippen LogP contribution in [0, 0.1) is 0 Å². The molecule has 3 nitrogen and oxygen atoms in total. The molecule has 4 heteroatoms. The van der Waals surface area contributed by atoms with Crippen molar-refractivity contribution in [2.45, 2.75) is 6.10 Å². The molecule has 10 heavy (non-hydrogen) atoms. The van der Waals surface area contributed by atoms with Crippen molar-refractivity contribution >= 4 is 0 Å². The third-order valence-electron chi connectivity index (χ3n) is 0.942. The summed E-state index contributed by atoms with van der Waals surface area (Å²) in [7, 11) is 0. The number of rotatable bonds is 4. The Morgan fingerprint density at radius 3 is 2.70 bits per heavy atom. The number of ether oxygens (including phenoxy) is 2. The van der Waals surface area contributed by atoms with Crippen LogP contribution in [-0.2, 0) is 9.47 Å². The molecule has 1 atom stereocenters. The molecule has 0 amide bonds. The molecule has 1 saturated heterocycles. The van der Waals surface area contributed by atoms with Gasteiger partial charge in [-0.25, -0.2) is 0 Å². The van der Waals surface area contributed by atoms with E-state index in [4.69, 9.17) is 9.47 Å². The van der Waals surface area contributed by atoms with Crippen molar-refractivity contribution in [3.8, 4) is 0 Å². The minimum absolute atomic E-state index is 0. The van der Waals surface area contributed by atoms with Crippen LogP contribution in [0.25, 0.3) is 0 Å². The Morgan fingerprint density at radius 1 is 1.70 bits per heavy atom. The summed E-state index contributed by atoms with van der Waals surface area (Å²) >= 11 is 0. The molecule has 0 aromatic rings. The van der Waals surface area contributed by atoms with Gasteiger partial charge in [-0.15, -0.1) is 6.58 Å². The quantitative estimate of drug-likeness (QED) is 0.193. The van der Waals surface area contributed by atoms with E-state index >= 15 is 0 Å². The molecule has 1 aliphatic heterocycles. The van der Waals surface area contributed by atoms with Crippen LogP contribution < -0.4 is 29.6 Å². The Balaban J connectivity index is 0. The average Bonchev–Trinajstić information content (AvgIpc) is 2.51. The zero-order valence-corrected chi connectivity index (χ0v) is 8.25. The standard InChI is InChI=1S/C6H10O2.Na.H2O/c1-2-3-7-4-6-5-8-6;;/h2,6H,1,3-5H2;;1H2/q;+1;/p-1. The molecule has 0 bridgehead atoms. The molecule has 0 aromatic heterocycles. The molecular weight excluding hydrogens is 143 g/mol. The average molecular weight is 154 g/mol. The second-order valence-electron chi connectivity index (χ2n) is 1.78. The second-order valence-corrected chi connectivity index (χ2v) is 1.78. The molecular formula is C6H11NaO3. The van der Waals surface area contributed by atoms with E-state index in [2.05, 4.69) is 6.58 Å². The van der Waals surface area contributed by atoms with Crippen LogP contribution in [0.1, 0.15) is 0 Å². The van der Waals surface area contributed by atoms with Crippen LogP contribution in [0.4, 0.5) is 0 Å². The molecule has 0 aliphatic carbocycles. The van der Waals surface area contributed by atoms with Crippen LogP contribution in [0.3, 0.4) is 0 Å². The minimum Gasteiger partial charge on any atom is -0.870 e. The maximum absolute atomic E-state index is 5.06. The largest absolute Gasteiger partial charge is 1.00 e. The monoisotopic (exact) mass is 154 g/mol. The first kappa shape index (κ1) is 13.2. The Bertz CT molecular complexity index is 83.1. The Labute approximate surface area is 83.0 Å². The van der Waals surface area contributed by atoms with Gasteiger partial charge in [0, 0.05) is 0 Å². The predicted molar refractivity (Wildman–Crippen MR) is 32.7 cm³/mol. The van der Waals surface area contributed by atoms with Crippen molar-refractivity contribution in [3.05, 3.63) is 12.7 Å². The zero-order valence-electron chi connectivity index (χ0n) is 6.25. The summed E-state index contributed by atoms with van der Waals surface area (Å²) in [5.41, 5.74) is 0. The minimum atomic E-state index is 0. The van der Waals surface area contributed by atoms with Crippen molar-refractivity contribution in [2.24, 2.45) is 0 Å². The summed E-state index contributed by atoms with van der Waals surface area (Å²) in [6.45, 7) is 5.75. The van der Waals surface area contributed by atoms with E-state index in [9.17, 15) is 0 Å². The number of hydrogen-bond donors (Lipinski definition) is 0. The first-order chi connectivity index (χ1) is 3.93. The van der Waals surface area contributed by atoms with Gasteiger partial charge in [-0.05, 0) is 0 Å². The fraction of sp³-hybridized carbons (Fsp3) is 0.667. The molecule has 0 aromatic carbocycles. The first-order valence-electron chi connectivity index (χ1n) is 2.73. The summed E-state index contributed by atoms with van der Waals surface area (Å²) in [6.07, 6.45) is 2.12. The molecule has 0 saturated carbocycles. The molecule has 1 aliphatic rings. The van der Waals surface area contributed by atoms with E-state index in [0.717, 1.165) is 13.2 Å². The molecule has 1 N–H and O–H groups in total. The van der Waals surface area contributed by atoms with Gasteiger partial charge in [0.05, 0.1) is 19.8 Å². The molecule has 1 heterocycles. The van der Waals surface area contributed by atoms with E-state index in [1.807, 2.05) is 0 Å². The first-order valence-corrected chi connectivity index (χ1v) is 2.73. The summed E-state index contributed by atoms with van der Waals surface area (Å²) in [4.78, 5) is 0. The van der Waals surface area contributed by atoms with E-state index in [-0.39, 0.29) is 35.0 Å². The molecule has 0 radical (unpaired) electrons. The summed E-state index contributed by atoms with van der Waals surface area (Å²) in [5.74, 6) is 0. The molecule has 1 fully saturated rings. The van der Waals surface area contributed by atoms with Gasteiger partial charge in [-0.3, -0.25) is 0 Å². The maximum Gasteiger partial charge on any atom is 1.00 e. The van der Waals surface area contributed by atoms with Crippen molar-refractivity contribution in [1.82, 2.24) is 0 Å². The van der Waals surface area contributed by atoms with Crippen LogP contribution >= 0.6 is 0 Å². The van der Waals surface area contributed by atoms with Gasteiger partial charge in [0.25, 0.3) is 0 Å². The smallest absolute Gasteiger partial charge is 0.870 e. The van der Waals surface area contributed by atoms with Crippen LogP contribution in [0.2, 0.25) is 0 Å². The van der Waals surface area contributed by atoms with Gasteiger partial charge in [-0.2, -0.15) is 0 Å². The summed E-state index contributed by atoms with van der Waals surface area (Å²) in [6, 6.07) is 0. The zero-order chi connectivity index (χ0) is 5.82. The van der Waals surface area contributed by atoms with E-state index in [1.54, 1.807) is 6.08 Å². The predicted octanol–water partition coefficient (Wildman–Crippen LogP) is -2.58. The van der Waals surface area contributed by atoms with Crippen LogP contribution in [0.15, 0.2) is 12.7 Å². The third kappa shape index (κ3) is 6.74. The summed E-state index contributed by atoms with van der Waals surface area (Å²) < 4.78 is 9.96. The molecule has 0 spiro atoms. The second kappa shape index (κ2) is 7.72. The van der Waals surface area contributed by atoms with E-state index < -0.39 is 0 Å². The molecule has 1 rings (SSSR count). The topological polar surface area (TPSA) is 51.8 Å². The fourth-order valence-corrected chi connectivity index (χ4v) is 0.447. The number of epoxide rings is 1. The van der Waals surface area contributed by atoms with E-state index in [0.29, 0.717) is 12.7 Å². The van der Waals surface area contributed by atoms with Crippen molar-refractivity contribution in [2.75, 3.05) is 19.8 Å². The van der Waals surface area contributed by atoms with Gasteiger partial charge in [0.2, 0.25) is 0 Å². The summed E-state index contributed by atoms with van der Waals surface area (Å²) in [5, 5.41) is 0. The fourth-order valence-electron chi connectivity index (χ4n) is 0.447. The van der Waals surface area contributed by atoms with Gasteiger partial charge in [0.15, 0.2) is 0 Å². The normalized spacial score (nSPS) is 20.2. The van der Waals surface area contributed by atoms with Crippen LogP contribution in [0.5, 0.6) is 0 Å². The van der Waals surface area contributed by atoms with Crippen molar-refractivity contribution in [1.29, 1.82) is 0 Å². The Hall–Kier alpha value is 0.620. The van der Waals surface area contributed by atoms with Gasteiger partial charge in [0.1, 0.15) is 6.10 Å². The Kier molecular flexibility index (Phi) is 10.2. The van der Waals surface area contributed by atoms with Gasteiger partial charge >= 0.3 is 29.6 Å². The number of hydrogen-bond acceptors (Lipinski definition) is 3. The third-order valence-corrected chi connectivity index (χ3v) is 0.942.